The summed E-state index contributed by atoms with van der Waals surface area (Å²) in [6.45, 7) is 2.92. The van der Waals surface area contributed by atoms with Crippen LogP contribution in [0.15, 0.2) is 6.20 Å². The van der Waals surface area contributed by atoms with Gasteiger partial charge in [0.25, 0.3) is 0 Å². The molecule has 0 saturated carbocycles. The van der Waals surface area contributed by atoms with Crippen LogP contribution in [0, 0.1) is 0 Å². The van der Waals surface area contributed by atoms with E-state index in [1.165, 1.54) is 0 Å². The van der Waals surface area contributed by atoms with Gasteiger partial charge in [0.15, 0.2) is 0 Å². The van der Waals surface area contributed by atoms with Crippen molar-refractivity contribution in [2.24, 2.45) is 0 Å². The van der Waals surface area contributed by atoms with E-state index in [-0.39, 0.29) is 6.61 Å². The molecule has 1 N–H and O–H groups in total. The van der Waals surface area contributed by atoms with Gasteiger partial charge in [-0.2, -0.15) is 0 Å². The molecule has 0 bridgehead atoms. The van der Waals surface area contributed by atoms with Crippen molar-refractivity contribution in [3.63, 3.8) is 0 Å². The number of rotatable bonds is 4. The van der Waals surface area contributed by atoms with Crippen LogP contribution in [-0.4, -0.2) is 33.8 Å². The van der Waals surface area contributed by atoms with E-state index in [1.54, 1.807) is 18.0 Å². The Hall–Kier alpha value is -0.940. The van der Waals surface area contributed by atoms with E-state index in [0.29, 0.717) is 12.2 Å². The Morgan fingerprint density at radius 2 is 2.50 bits per heavy atom. The van der Waals surface area contributed by atoms with Crippen molar-refractivity contribution in [1.29, 1.82) is 0 Å². The maximum absolute atomic E-state index is 9.50. The summed E-state index contributed by atoms with van der Waals surface area (Å²) in [6.07, 6.45) is 0.914. The maximum Gasteiger partial charge on any atom is 0.120 e. The molecule has 5 heteroatoms. The topological polar surface area (TPSA) is 60.2 Å². The van der Waals surface area contributed by atoms with Gasteiger partial charge in [-0.25, -0.2) is 4.68 Å². The van der Waals surface area contributed by atoms with Gasteiger partial charge in [0, 0.05) is 13.7 Å². The molecule has 0 amide bonds. The van der Waals surface area contributed by atoms with Gasteiger partial charge >= 0.3 is 0 Å². The second-order valence-electron chi connectivity index (χ2n) is 2.45. The fraction of sp³-hybridized carbons (Fsp3) is 0.714. The molecule has 1 aromatic rings. The first kappa shape index (κ1) is 9.15. The smallest absolute Gasteiger partial charge is 0.120 e. The van der Waals surface area contributed by atoms with Crippen LogP contribution < -0.4 is 0 Å². The molecule has 12 heavy (non-hydrogen) atoms. The van der Waals surface area contributed by atoms with Crippen LogP contribution in [0.25, 0.3) is 0 Å². The van der Waals surface area contributed by atoms with Gasteiger partial charge < -0.3 is 9.84 Å². The molecular weight excluding hydrogens is 158 g/mol. The van der Waals surface area contributed by atoms with E-state index < -0.39 is 6.10 Å². The van der Waals surface area contributed by atoms with E-state index in [4.69, 9.17) is 4.74 Å². The second kappa shape index (κ2) is 4.18. The Kier molecular flexibility index (Phi) is 3.19. The third kappa shape index (κ3) is 1.80. The first-order valence-electron chi connectivity index (χ1n) is 3.85. The van der Waals surface area contributed by atoms with Crippen LogP contribution >= 0.6 is 0 Å². The Bertz CT molecular complexity index is 236. The lowest BCUT2D eigenvalue weighted by Crippen LogP contribution is -2.11. The van der Waals surface area contributed by atoms with Crippen LogP contribution in [0.4, 0.5) is 0 Å². The maximum atomic E-state index is 9.50. The van der Waals surface area contributed by atoms with Gasteiger partial charge in [0.05, 0.1) is 18.5 Å². The molecule has 0 saturated heterocycles. The van der Waals surface area contributed by atoms with Crippen LogP contribution in [-0.2, 0) is 11.3 Å². The van der Waals surface area contributed by atoms with Crippen molar-refractivity contribution in [3.05, 3.63) is 11.9 Å². The van der Waals surface area contributed by atoms with Crippen LogP contribution in [0.1, 0.15) is 18.7 Å². The molecule has 0 aliphatic rings. The lowest BCUT2D eigenvalue weighted by Gasteiger charge is -2.09. The Morgan fingerprint density at radius 3 is 3.08 bits per heavy atom. The van der Waals surface area contributed by atoms with E-state index in [2.05, 4.69) is 10.3 Å². The molecule has 0 radical (unpaired) electrons. The highest BCUT2D eigenvalue weighted by Gasteiger charge is 2.12. The molecule has 5 nitrogen and oxygen atoms in total. The van der Waals surface area contributed by atoms with E-state index in [0.717, 1.165) is 0 Å². The SMILES string of the molecule is CCn1nncc1[C@H](O)COC. The highest BCUT2D eigenvalue weighted by Crippen LogP contribution is 2.10. The van der Waals surface area contributed by atoms with E-state index >= 15 is 0 Å². The lowest BCUT2D eigenvalue weighted by molar-refractivity contribution is 0.0587. The fourth-order valence-electron chi connectivity index (χ4n) is 1.01. The number of hydrogen-bond acceptors (Lipinski definition) is 4. The number of hydrogen-bond donors (Lipinski definition) is 1. The fourth-order valence-corrected chi connectivity index (χ4v) is 1.01. The molecular formula is C7H13N3O2. The largest absolute Gasteiger partial charge is 0.384 e. The number of aliphatic hydroxyl groups excluding tert-OH is 1. The summed E-state index contributed by atoms with van der Waals surface area (Å²) in [5.74, 6) is 0. The quantitative estimate of drug-likeness (QED) is 0.691. The molecule has 0 aliphatic carbocycles. The van der Waals surface area contributed by atoms with Crippen molar-refractivity contribution in [2.75, 3.05) is 13.7 Å². The van der Waals surface area contributed by atoms with Crippen molar-refractivity contribution in [1.82, 2.24) is 15.0 Å². The zero-order valence-corrected chi connectivity index (χ0v) is 7.27. The summed E-state index contributed by atoms with van der Waals surface area (Å²) in [7, 11) is 1.54. The normalized spacial score (nSPS) is 13.2. The standard InChI is InChI=1S/C7H13N3O2/c1-3-10-6(4-8-9-10)7(11)5-12-2/h4,7,11H,3,5H2,1-2H3/t7-/m1/s1. The summed E-state index contributed by atoms with van der Waals surface area (Å²) in [5, 5.41) is 17.0. The van der Waals surface area contributed by atoms with Gasteiger partial charge in [-0.1, -0.05) is 5.21 Å². The third-order valence-electron chi connectivity index (χ3n) is 1.61. The number of aromatic nitrogens is 3. The van der Waals surface area contributed by atoms with Crippen LogP contribution in [0.3, 0.4) is 0 Å². The molecule has 1 atom stereocenters. The number of nitrogens with zero attached hydrogens (tertiary/aromatic N) is 3. The number of methoxy groups -OCH3 is 1. The molecule has 0 fully saturated rings. The van der Waals surface area contributed by atoms with Crippen LogP contribution in [0.5, 0.6) is 0 Å². The van der Waals surface area contributed by atoms with Crippen molar-refractivity contribution < 1.29 is 9.84 Å². The average molecular weight is 171 g/mol. The molecule has 1 aromatic heterocycles. The molecule has 68 valence electrons. The summed E-state index contributed by atoms with van der Waals surface area (Å²) in [6, 6.07) is 0. The zero-order chi connectivity index (χ0) is 8.97. The third-order valence-corrected chi connectivity index (χ3v) is 1.61. The van der Waals surface area contributed by atoms with Crippen LogP contribution in [0.2, 0.25) is 0 Å². The summed E-state index contributed by atoms with van der Waals surface area (Å²) >= 11 is 0. The minimum Gasteiger partial charge on any atom is -0.384 e. The summed E-state index contributed by atoms with van der Waals surface area (Å²) < 4.78 is 6.45. The monoisotopic (exact) mass is 171 g/mol. The Labute approximate surface area is 71.0 Å². The number of aryl methyl sites for hydroxylation is 1. The van der Waals surface area contributed by atoms with Gasteiger partial charge in [-0.15, -0.1) is 5.10 Å². The van der Waals surface area contributed by atoms with Crippen molar-refractivity contribution in [3.8, 4) is 0 Å². The van der Waals surface area contributed by atoms with Gasteiger partial charge in [-0.3, -0.25) is 0 Å². The predicted octanol–water partition coefficient (Wildman–Crippen LogP) is -0.0222. The van der Waals surface area contributed by atoms with E-state index in [1.807, 2.05) is 6.92 Å². The number of aliphatic hydroxyl groups is 1. The summed E-state index contributed by atoms with van der Waals surface area (Å²) in [5.41, 5.74) is 0.694. The Balaban J connectivity index is 2.71. The van der Waals surface area contributed by atoms with Crippen molar-refractivity contribution in [2.45, 2.75) is 19.6 Å². The zero-order valence-electron chi connectivity index (χ0n) is 7.27. The van der Waals surface area contributed by atoms with Gasteiger partial charge in [0.2, 0.25) is 0 Å². The molecule has 1 heterocycles. The predicted molar refractivity (Wildman–Crippen MR) is 42.5 cm³/mol. The average Bonchev–Trinajstić information content (AvgIpc) is 2.51. The lowest BCUT2D eigenvalue weighted by atomic mass is 10.3. The first-order chi connectivity index (χ1) is 5.79. The number of ether oxygens (including phenoxy) is 1. The molecule has 0 spiro atoms. The Morgan fingerprint density at radius 1 is 1.75 bits per heavy atom. The van der Waals surface area contributed by atoms with Gasteiger partial charge in [-0.05, 0) is 6.92 Å². The molecule has 1 rings (SSSR count). The van der Waals surface area contributed by atoms with Gasteiger partial charge in [0.1, 0.15) is 6.10 Å². The van der Waals surface area contributed by atoms with E-state index in [9.17, 15) is 5.11 Å². The molecule has 0 aliphatic heterocycles. The highest BCUT2D eigenvalue weighted by atomic mass is 16.5. The highest BCUT2D eigenvalue weighted by molar-refractivity contribution is 4.98. The minimum absolute atomic E-state index is 0.271. The van der Waals surface area contributed by atoms with Crippen molar-refractivity contribution >= 4 is 0 Å². The summed E-state index contributed by atoms with van der Waals surface area (Å²) in [4.78, 5) is 0. The second-order valence-corrected chi connectivity index (χ2v) is 2.45. The molecule has 0 unspecified atom stereocenters. The first-order valence-corrected chi connectivity index (χ1v) is 3.85. The minimum atomic E-state index is -0.634. The molecule has 0 aromatic carbocycles.